The maximum absolute atomic E-state index is 14.1. The number of halogens is 3. The molecule has 4 aromatic rings. The molecular weight excluding hydrogens is 669 g/mol. The van der Waals surface area contributed by atoms with Crippen LogP contribution in [0.4, 0.5) is 24.9 Å². The lowest BCUT2D eigenvalue weighted by atomic mass is 9.72. The first-order valence-corrected chi connectivity index (χ1v) is 18.2. The summed E-state index contributed by atoms with van der Waals surface area (Å²) in [6.07, 6.45) is 3.07. The summed E-state index contributed by atoms with van der Waals surface area (Å²) < 4.78 is 48.2. The number of amides is 1. The molecule has 5 aliphatic rings. The summed E-state index contributed by atoms with van der Waals surface area (Å²) in [5.41, 5.74) is 5.72. The van der Waals surface area contributed by atoms with Gasteiger partial charge in [0.25, 0.3) is 0 Å². The molecule has 5 fully saturated rings. The van der Waals surface area contributed by atoms with E-state index in [2.05, 4.69) is 51.2 Å². The smallest absolute Gasteiger partial charge is 0.422 e. The molecule has 1 saturated carbocycles. The molecule has 1 amide bonds. The second kappa shape index (κ2) is 11.7. The SMILES string of the molecule is C=CC(=O)N1CC2(CCN(c3nc(N4CC5(CC(=C)CN5C)C4)nc4c(OCC(F)(F)F)c(-c5c(C)ccc6[nH]ncc56)c(C5CC5)cc34)CC2)C1. The Morgan fingerprint density at radius 3 is 2.48 bits per heavy atom. The maximum Gasteiger partial charge on any atom is 0.422 e. The molecule has 2 aromatic carbocycles. The van der Waals surface area contributed by atoms with Crippen LogP contribution in [-0.4, -0.2) is 107 Å². The van der Waals surface area contributed by atoms with Gasteiger partial charge in [-0.25, -0.2) is 4.98 Å². The molecule has 10 nitrogen and oxygen atoms in total. The van der Waals surface area contributed by atoms with E-state index in [1.54, 1.807) is 6.20 Å². The average molecular weight is 713 g/mol. The molecule has 272 valence electrons. The van der Waals surface area contributed by atoms with Gasteiger partial charge in [-0.15, -0.1) is 0 Å². The van der Waals surface area contributed by atoms with Crippen LogP contribution < -0.4 is 14.5 Å². The number of alkyl halides is 3. The summed E-state index contributed by atoms with van der Waals surface area (Å²) in [6.45, 7) is 13.5. The Kier molecular flexibility index (Phi) is 7.46. The molecule has 9 rings (SSSR count). The highest BCUT2D eigenvalue weighted by Crippen LogP contribution is 2.54. The van der Waals surface area contributed by atoms with Crippen molar-refractivity contribution in [1.29, 1.82) is 0 Å². The molecule has 6 heterocycles. The van der Waals surface area contributed by atoms with Crippen LogP contribution in [0.25, 0.3) is 32.9 Å². The first-order chi connectivity index (χ1) is 24.9. The molecule has 4 saturated heterocycles. The predicted octanol–water partition coefficient (Wildman–Crippen LogP) is 6.37. The lowest BCUT2D eigenvalue weighted by molar-refractivity contribution is -0.153. The molecule has 0 unspecified atom stereocenters. The average Bonchev–Trinajstić information content (AvgIpc) is 3.73. The number of H-pyrrole nitrogens is 1. The van der Waals surface area contributed by atoms with Gasteiger partial charge < -0.3 is 19.4 Å². The number of nitrogens with one attached hydrogen (secondary N) is 1. The Morgan fingerprint density at radius 1 is 1.08 bits per heavy atom. The van der Waals surface area contributed by atoms with Gasteiger partial charge in [0.2, 0.25) is 11.9 Å². The van der Waals surface area contributed by atoms with Crippen LogP contribution in [0.2, 0.25) is 0 Å². The van der Waals surface area contributed by atoms with E-state index < -0.39 is 12.8 Å². The molecule has 1 aliphatic carbocycles. The number of rotatable bonds is 7. The van der Waals surface area contributed by atoms with Gasteiger partial charge in [-0.1, -0.05) is 24.8 Å². The van der Waals surface area contributed by atoms with Gasteiger partial charge in [0, 0.05) is 67.6 Å². The third-order valence-corrected chi connectivity index (χ3v) is 12.2. The Hall–Kier alpha value is -4.65. The fourth-order valence-electron chi connectivity index (χ4n) is 9.21. The standard InChI is InChI=1S/C39H43F3N8O2/c1-5-30(51)49-18-37(19-49)10-12-48(13-11-37)35-27-14-26(25-7-8-25)32(31-24(3)6-9-29-28(31)16-43-46-29)34(52-22-39(40,41)42)33(27)44-36(45-35)50-20-38(21-50)15-23(2)17-47(38)4/h5-6,9,14,16,25H,1-2,7-8,10-13,15,17-22H2,3-4H3,(H,43,46). The van der Waals surface area contributed by atoms with E-state index in [-0.39, 0.29) is 28.5 Å². The fraction of sp³-hybridized carbons (Fsp3) is 0.487. The zero-order valence-corrected chi connectivity index (χ0v) is 29.7. The van der Waals surface area contributed by atoms with Crippen molar-refractivity contribution in [3.8, 4) is 16.9 Å². The van der Waals surface area contributed by atoms with E-state index in [0.717, 1.165) is 72.1 Å². The number of hydrogen-bond acceptors (Lipinski definition) is 8. The summed E-state index contributed by atoms with van der Waals surface area (Å²) in [5.74, 6) is 1.49. The van der Waals surface area contributed by atoms with Crippen molar-refractivity contribution in [1.82, 2.24) is 30.0 Å². The lowest BCUT2D eigenvalue weighted by Crippen LogP contribution is -2.67. The number of likely N-dealkylation sites (tertiary alicyclic amines) is 2. The molecule has 52 heavy (non-hydrogen) atoms. The van der Waals surface area contributed by atoms with Gasteiger partial charge in [0.1, 0.15) is 11.3 Å². The van der Waals surface area contributed by atoms with E-state index in [0.29, 0.717) is 61.7 Å². The van der Waals surface area contributed by atoms with Crippen LogP contribution >= 0.6 is 0 Å². The number of carbonyl (C=O) groups excluding carboxylic acids is 1. The van der Waals surface area contributed by atoms with Crippen molar-refractivity contribution >= 4 is 39.5 Å². The van der Waals surface area contributed by atoms with Crippen molar-refractivity contribution in [2.75, 3.05) is 69.3 Å². The van der Waals surface area contributed by atoms with Crippen molar-refractivity contribution < 1.29 is 22.7 Å². The second-order valence-corrected chi connectivity index (χ2v) is 15.9. The molecule has 0 bridgehead atoms. The number of likely N-dealkylation sites (N-methyl/N-ethyl adjacent to an activating group) is 1. The van der Waals surface area contributed by atoms with Gasteiger partial charge in [-0.05, 0) is 86.9 Å². The van der Waals surface area contributed by atoms with Crippen molar-refractivity contribution in [2.45, 2.75) is 56.7 Å². The molecule has 0 radical (unpaired) electrons. The summed E-state index contributed by atoms with van der Waals surface area (Å²) in [7, 11) is 2.11. The highest BCUT2D eigenvalue weighted by Gasteiger charge is 2.51. The molecule has 4 aliphatic heterocycles. The number of anilines is 2. The van der Waals surface area contributed by atoms with Crippen molar-refractivity contribution in [3.05, 3.63) is 60.3 Å². The van der Waals surface area contributed by atoms with Crippen LogP contribution in [0.3, 0.4) is 0 Å². The Balaban J connectivity index is 1.21. The Labute approximate surface area is 300 Å². The first-order valence-electron chi connectivity index (χ1n) is 18.2. The number of aromatic amines is 1. The van der Waals surface area contributed by atoms with Gasteiger partial charge in [-0.2, -0.15) is 23.3 Å². The van der Waals surface area contributed by atoms with E-state index in [4.69, 9.17) is 14.7 Å². The van der Waals surface area contributed by atoms with Gasteiger partial charge in [-0.3, -0.25) is 14.8 Å². The Morgan fingerprint density at radius 2 is 1.83 bits per heavy atom. The number of nitrogens with zero attached hydrogens (tertiary/aromatic N) is 7. The van der Waals surface area contributed by atoms with E-state index in [1.807, 2.05) is 24.0 Å². The fourth-order valence-corrected chi connectivity index (χ4v) is 9.21. The number of benzene rings is 2. The third-order valence-electron chi connectivity index (χ3n) is 12.2. The van der Waals surface area contributed by atoms with Crippen LogP contribution in [-0.2, 0) is 4.79 Å². The number of hydrogen-bond donors (Lipinski definition) is 1. The maximum atomic E-state index is 14.1. The first kappa shape index (κ1) is 33.2. The number of ether oxygens (including phenoxy) is 1. The summed E-state index contributed by atoms with van der Waals surface area (Å²) in [5, 5.41) is 8.87. The lowest BCUT2D eigenvalue weighted by Gasteiger charge is -2.54. The highest BCUT2D eigenvalue weighted by atomic mass is 19.4. The molecule has 2 aromatic heterocycles. The number of piperidine rings is 1. The zero-order chi connectivity index (χ0) is 36.2. The number of fused-ring (bicyclic) bond motifs is 2. The van der Waals surface area contributed by atoms with E-state index in [1.165, 1.54) is 11.6 Å². The normalized spacial score (nSPS) is 21.3. The van der Waals surface area contributed by atoms with Crippen LogP contribution in [0.5, 0.6) is 5.75 Å². The molecule has 13 heteroatoms. The van der Waals surface area contributed by atoms with E-state index >= 15 is 0 Å². The van der Waals surface area contributed by atoms with Gasteiger partial charge in [0.15, 0.2) is 12.4 Å². The van der Waals surface area contributed by atoms with Crippen LogP contribution in [0, 0.1) is 12.3 Å². The number of carbonyl (C=O) groups is 1. The quantitative estimate of drug-likeness (QED) is 0.175. The number of aromatic nitrogens is 4. The van der Waals surface area contributed by atoms with Crippen molar-refractivity contribution in [2.24, 2.45) is 5.41 Å². The minimum Gasteiger partial charge on any atom is -0.481 e. The summed E-state index contributed by atoms with van der Waals surface area (Å²) >= 11 is 0. The van der Waals surface area contributed by atoms with Gasteiger partial charge in [0.05, 0.1) is 17.3 Å². The molecule has 0 atom stereocenters. The molecule has 1 N–H and O–H groups in total. The molecular formula is C39H43F3N8O2. The van der Waals surface area contributed by atoms with Crippen molar-refractivity contribution in [3.63, 3.8) is 0 Å². The largest absolute Gasteiger partial charge is 0.481 e. The highest BCUT2D eigenvalue weighted by molar-refractivity contribution is 6.06. The topological polar surface area (TPSA) is 93.7 Å². The third kappa shape index (κ3) is 5.41. The minimum absolute atomic E-state index is 0.0422. The van der Waals surface area contributed by atoms with Crippen LogP contribution in [0.1, 0.15) is 49.1 Å². The van der Waals surface area contributed by atoms with E-state index in [9.17, 15) is 18.0 Å². The monoisotopic (exact) mass is 712 g/mol. The number of aryl methyl sites for hydroxylation is 1. The minimum atomic E-state index is -4.56. The summed E-state index contributed by atoms with van der Waals surface area (Å²) in [4.78, 5) is 31.2. The van der Waals surface area contributed by atoms with Gasteiger partial charge >= 0.3 is 6.18 Å². The zero-order valence-electron chi connectivity index (χ0n) is 29.7. The summed E-state index contributed by atoms with van der Waals surface area (Å²) in [6, 6.07) is 6.05. The van der Waals surface area contributed by atoms with Crippen LogP contribution in [0.15, 0.2) is 49.2 Å². The molecule has 2 spiro atoms. The second-order valence-electron chi connectivity index (χ2n) is 15.9. The predicted molar refractivity (Wildman–Crippen MR) is 195 cm³/mol. The Bertz CT molecular complexity index is 2130.